The van der Waals surface area contributed by atoms with Crippen molar-refractivity contribution < 1.29 is 9.18 Å². The molecule has 0 fully saturated rings. The summed E-state index contributed by atoms with van der Waals surface area (Å²) in [6.07, 6.45) is 5.52. The van der Waals surface area contributed by atoms with Gasteiger partial charge < -0.3 is 16.4 Å². The SMILES string of the molecule is Cn1cc(-c2cnc(N)c3c(-c4ccc(NC(=O)Nc5ccccc5F)cc4)csc23)cn1. The Morgan fingerprint density at radius 3 is 2.55 bits per heavy atom. The Kier molecular flexibility index (Phi) is 5.23. The average Bonchev–Trinajstić information content (AvgIpc) is 3.44. The molecule has 5 aromatic rings. The van der Waals surface area contributed by atoms with Gasteiger partial charge in [0.25, 0.3) is 0 Å². The van der Waals surface area contributed by atoms with E-state index in [1.807, 2.05) is 25.4 Å². The smallest absolute Gasteiger partial charge is 0.323 e. The number of benzene rings is 2. The number of amides is 2. The van der Waals surface area contributed by atoms with Crippen LogP contribution in [-0.4, -0.2) is 20.8 Å². The van der Waals surface area contributed by atoms with E-state index in [0.717, 1.165) is 32.3 Å². The van der Waals surface area contributed by atoms with Crippen molar-refractivity contribution in [1.82, 2.24) is 14.8 Å². The van der Waals surface area contributed by atoms with Gasteiger partial charge in [0, 0.05) is 51.9 Å². The number of thiophene rings is 1. The summed E-state index contributed by atoms with van der Waals surface area (Å²) in [5.74, 6) is -0.0375. The van der Waals surface area contributed by atoms with Crippen LogP contribution in [0.15, 0.2) is 72.5 Å². The number of nitrogens with two attached hydrogens (primary N) is 1. The Hall–Kier alpha value is -4.24. The first-order valence-electron chi connectivity index (χ1n) is 10.1. The number of carbonyl (C=O) groups excluding carboxylic acids is 1. The van der Waals surface area contributed by atoms with E-state index in [4.69, 9.17) is 5.73 Å². The molecule has 0 unspecified atom stereocenters. The van der Waals surface area contributed by atoms with Gasteiger partial charge in [0.2, 0.25) is 0 Å². The maximum absolute atomic E-state index is 13.7. The van der Waals surface area contributed by atoms with Crippen LogP contribution < -0.4 is 16.4 Å². The fraction of sp³-hybridized carbons (Fsp3) is 0.0417. The van der Waals surface area contributed by atoms with Crippen LogP contribution in [0.4, 0.5) is 26.4 Å². The molecule has 9 heteroatoms. The lowest BCUT2D eigenvalue weighted by atomic mass is 10.0. The number of pyridine rings is 1. The second kappa shape index (κ2) is 8.36. The second-order valence-electron chi connectivity index (χ2n) is 7.45. The van der Waals surface area contributed by atoms with Gasteiger partial charge in [-0.15, -0.1) is 11.3 Å². The largest absolute Gasteiger partial charge is 0.383 e. The number of urea groups is 1. The normalized spacial score (nSPS) is 11.0. The molecule has 2 amide bonds. The fourth-order valence-corrected chi connectivity index (χ4v) is 4.75. The van der Waals surface area contributed by atoms with Crippen LogP contribution in [-0.2, 0) is 7.05 Å². The summed E-state index contributed by atoms with van der Waals surface area (Å²) in [7, 11) is 1.87. The lowest BCUT2D eigenvalue weighted by molar-refractivity contribution is 0.262. The zero-order valence-electron chi connectivity index (χ0n) is 17.5. The molecule has 33 heavy (non-hydrogen) atoms. The summed E-state index contributed by atoms with van der Waals surface area (Å²) in [5.41, 5.74) is 10.8. The Labute approximate surface area is 192 Å². The quantitative estimate of drug-likeness (QED) is 0.320. The summed E-state index contributed by atoms with van der Waals surface area (Å²) in [5, 5.41) is 12.4. The summed E-state index contributed by atoms with van der Waals surface area (Å²) >= 11 is 1.60. The maximum atomic E-state index is 13.7. The van der Waals surface area contributed by atoms with E-state index >= 15 is 0 Å². The van der Waals surface area contributed by atoms with Crippen molar-refractivity contribution in [3.63, 3.8) is 0 Å². The van der Waals surface area contributed by atoms with Gasteiger partial charge in [-0.2, -0.15) is 5.10 Å². The van der Waals surface area contributed by atoms with Crippen LogP contribution in [0.5, 0.6) is 0 Å². The van der Waals surface area contributed by atoms with Gasteiger partial charge in [-0.25, -0.2) is 14.2 Å². The van der Waals surface area contributed by atoms with Gasteiger partial charge >= 0.3 is 6.03 Å². The Bertz CT molecular complexity index is 1470. The molecular weight excluding hydrogens is 439 g/mol. The summed E-state index contributed by atoms with van der Waals surface area (Å²) in [4.78, 5) is 16.6. The topological polar surface area (TPSA) is 97.9 Å². The van der Waals surface area contributed by atoms with Gasteiger partial charge in [-0.1, -0.05) is 24.3 Å². The van der Waals surface area contributed by atoms with Gasteiger partial charge in [-0.3, -0.25) is 4.68 Å². The second-order valence-corrected chi connectivity index (χ2v) is 8.33. The number of para-hydroxylation sites is 1. The maximum Gasteiger partial charge on any atom is 0.323 e. The number of nitrogens with one attached hydrogen (secondary N) is 2. The van der Waals surface area contributed by atoms with Crippen molar-refractivity contribution in [2.45, 2.75) is 0 Å². The summed E-state index contributed by atoms with van der Waals surface area (Å²) in [6, 6.07) is 12.8. The molecule has 0 saturated carbocycles. The monoisotopic (exact) mass is 458 g/mol. The number of halogens is 1. The van der Waals surface area contributed by atoms with E-state index in [2.05, 4.69) is 26.1 Å². The van der Waals surface area contributed by atoms with E-state index in [9.17, 15) is 9.18 Å². The first-order chi connectivity index (χ1) is 16.0. The van der Waals surface area contributed by atoms with Crippen LogP contribution >= 0.6 is 11.3 Å². The molecule has 2 aromatic carbocycles. The van der Waals surface area contributed by atoms with Crippen molar-refractivity contribution in [3.05, 3.63) is 78.3 Å². The molecule has 0 atom stereocenters. The predicted molar refractivity (Wildman–Crippen MR) is 131 cm³/mol. The zero-order valence-corrected chi connectivity index (χ0v) is 18.4. The van der Waals surface area contributed by atoms with Crippen molar-refractivity contribution in [2.75, 3.05) is 16.4 Å². The predicted octanol–water partition coefficient (Wildman–Crippen LogP) is 5.73. The van der Waals surface area contributed by atoms with E-state index in [1.165, 1.54) is 12.1 Å². The molecule has 0 spiro atoms. The number of rotatable bonds is 4. The molecule has 0 aliphatic heterocycles. The first-order valence-corrected chi connectivity index (χ1v) is 11.0. The molecule has 3 aromatic heterocycles. The van der Waals surface area contributed by atoms with Crippen molar-refractivity contribution >= 4 is 44.6 Å². The number of aryl methyl sites for hydroxylation is 1. The molecule has 7 nitrogen and oxygen atoms in total. The average molecular weight is 459 g/mol. The van der Waals surface area contributed by atoms with E-state index in [-0.39, 0.29) is 5.69 Å². The highest BCUT2D eigenvalue weighted by Crippen LogP contribution is 2.41. The Morgan fingerprint density at radius 1 is 1.03 bits per heavy atom. The molecule has 0 bridgehead atoms. The fourth-order valence-electron chi connectivity index (χ4n) is 3.63. The van der Waals surface area contributed by atoms with Crippen LogP contribution in [0.1, 0.15) is 0 Å². The third kappa shape index (κ3) is 4.01. The van der Waals surface area contributed by atoms with Crippen LogP contribution in [0.3, 0.4) is 0 Å². The minimum atomic E-state index is -0.525. The van der Waals surface area contributed by atoms with E-state index < -0.39 is 11.8 Å². The minimum Gasteiger partial charge on any atom is -0.383 e. The molecule has 164 valence electrons. The molecule has 0 aliphatic carbocycles. The molecule has 0 radical (unpaired) electrons. The van der Waals surface area contributed by atoms with Crippen LogP contribution in [0.2, 0.25) is 0 Å². The zero-order chi connectivity index (χ0) is 22.9. The lowest BCUT2D eigenvalue weighted by Gasteiger charge is -2.09. The van der Waals surface area contributed by atoms with Crippen molar-refractivity contribution in [3.8, 4) is 22.3 Å². The lowest BCUT2D eigenvalue weighted by Crippen LogP contribution is -2.20. The van der Waals surface area contributed by atoms with Crippen molar-refractivity contribution in [2.24, 2.45) is 7.05 Å². The van der Waals surface area contributed by atoms with Crippen molar-refractivity contribution in [1.29, 1.82) is 0 Å². The molecule has 0 saturated heterocycles. The number of anilines is 3. The van der Waals surface area contributed by atoms with E-state index in [1.54, 1.807) is 52.7 Å². The first kappa shape index (κ1) is 20.7. The summed E-state index contributed by atoms with van der Waals surface area (Å²) in [6.45, 7) is 0. The highest BCUT2D eigenvalue weighted by molar-refractivity contribution is 7.18. The Morgan fingerprint density at radius 2 is 1.82 bits per heavy atom. The summed E-state index contributed by atoms with van der Waals surface area (Å²) < 4.78 is 16.5. The molecule has 3 heterocycles. The molecule has 4 N–H and O–H groups in total. The standard InChI is InChI=1S/C24H19FN6OS/c1-31-12-15(10-28-31)17-11-27-23(26)21-18(13-33-22(17)21)14-6-8-16(9-7-14)29-24(32)30-20-5-3-2-4-19(20)25/h2-13H,1H3,(H2,26,27)(H2,29,30,32). The highest BCUT2D eigenvalue weighted by Gasteiger charge is 2.16. The molecule has 5 rings (SSSR count). The minimum absolute atomic E-state index is 0.115. The van der Waals surface area contributed by atoms with Gasteiger partial charge in [0.05, 0.1) is 11.9 Å². The number of nitrogen functional groups attached to an aromatic ring is 1. The Balaban J connectivity index is 1.41. The number of nitrogens with zero attached hydrogens (tertiary/aromatic N) is 3. The third-order valence-electron chi connectivity index (χ3n) is 5.22. The van der Waals surface area contributed by atoms with Gasteiger partial charge in [0.15, 0.2) is 0 Å². The molecular formula is C24H19FN6OS. The van der Waals surface area contributed by atoms with E-state index in [0.29, 0.717) is 11.5 Å². The van der Waals surface area contributed by atoms with Gasteiger partial charge in [0.1, 0.15) is 11.6 Å². The van der Waals surface area contributed by atoms with Crippen LogP contribution in [0.25, 0.3) is 32.3 Å². The van der Waals surface area contributed by atoms with Crippen LogP contribution in [0, 0.1) is 5.82 Å². The number of carbonyl (C=O) groups is 1. The number of aromatic nitrogens is 3. The van der Waals surface area contributed by atoms with Gasteiger partial charge in [-0.05, 0) is 35.2 Å². The third-order valence-corrected chi connectivity index (χ3v) is 6.23. The number of hydrogen-bond donors (Lipinski definition) is 3. The number of hydrogen-bond acceptors (Lipinski definition) is 5. The highest BCUT2D eigenvalue weighted by atomic mass is 32.1. The molecule has 0 aliphatic rings. The number of fused-ring (bicyclic) bond motifs is 1.